The molecule has 4 nitrogen and oxygen atoms in total. The van der Waals surface area contributed by atoms with E-state index in [1.807, 2.05) is 0 Å². The SMILES string of the molecule is CCCCCCCCCCCCCCCCCC(CCCCCCCC)OC(=O)c1ccccc1C(=O)O. The number of rotatable bonds is 26. The number of carboxylic acids is 1. The highest BCUT2D eigenvalue weighted by molar-refractivity contribution is 6.02. The van der Waals surface area contributed by atoms with E-state index in [1.165, 1.54) is 128 Å². The summed E-state index contributed by atoms with van der Waals surface area (Å²) in [6.45, 7) is 4.50. The Morgan fingerprint density at radius 3 is 1.29 bits per heavy atom. The van der Waals surface area contributed by atoms with Crippen LogP contribution in [0.5, 0.6) is 0 Å². The summed E-state index contributed by atoms with van der Waals surface area (Å²) in [4.78, 5) is 24.4. The van der Waals surface area contributed by atoms with Gasteiger partial charge in [-0.1, -0.05) is 148 Å². The maximum absolute atomic E-state index is 12.8. The van der Waals surface area contributed by atoms with Crippen molar-refractivity contribution in [1.82, 2.24) is 0 Å². The Kier molecular flexibility index (Phi) is 21.8. The van der Waals surface area contributed by atoms with Gasteiger partial charge in [0.25, 0.3) is 0 Å². The summed E-state index contributed by atoms with van der Waals surface area (Å²) in [7, 11) is 0. The van der Waals surface area contributed by atoms with Crippen molar-refractivity contribution in [3.63, 3.8) is 0 Å². The molecular weight excluding hydrogens is 472 g/mol. The molecule has 1 aromatic rings. The van der Waals surface area contributed by atoms with Gasteiger partial charge in [-0.25, -0.2) is 9.59 Å². The van der Waals surface area contributed by atoms with Gasteiger partial charge in [0.2, 0.25) is 0 Å². The molecule has 0 bridgehead atoms. The van der Waals surface area contributed by atoms with Crippen molar-refractivity contribution in [3.05, 3.63) is 35.4 Å². The van der Waals surface area contributed by atoms with Gasteiger partial charge in [-0.3, -0.25) is 0 Å². The minimum absolute atomic E-state index is 0.0165. The molecule has 1 atom stereocenters. The van der Waals surface area contributed by atoms with Crippen LogP contribution in [0.25, 0.3) is 0 Å². The summed E-state index contributed by atoms with van der Waals surface area (Å²) in [5.41, 5.74) is 0.173. The molecule has 1 aromatic carbocycles. The average Bonchev–Trinajstić information content (AvgIpc) is 2.92. The Hall–Kier alpha value is -1.84. The van der Waals surface area contributed by atoms with Crippen LogP contribution in [-0.4, -0.2) is 23.1 Å². The lowest BCUT2D eigenvalue weighted by molar-refractivity contribution is 0.0244. The lowest BCUT2D eigenvalue weighted by atomic mass is 10.0. The van der Waals surface area contributed by atoms with Crippen LogP contribution < -0.4 is 0 Å². The zero-order chi connectivity index (χ0) is 27.7. The third-order valence-corrected chi connectivity index (χ3v) is 7.66. The molecule has 0 amide bonds. The van der Waals surface area contributed by atoms with Crippen LogP contribution >= 0.6 is 0 Å². The number of benzene rings is 1. The Morgan fingerprint density at radius 2 is 0.921 bits per heavy atom. The molecule has 218 valence electrons. The molecule has 0 heterocycles. The van der Waals surface area contributed by atoms with Crippen molar-refractivity contribution in [2.75, 3.05) is 0 Å². The second-order valence-corrected chi connectivity index (χ2v) is 11.2. The lowest BCUT2D eigenvalue weighted by Gasteiger charge is -2.19. The molecule has 0 aliphatic heterocycles. The normalized spacial score (nSPS) is 11.9. The van der Waals surface area contributed by atoms with Gasteiger partial charge in [0.15, 0.2) is 0 Å². The average molecular weight is 531 g/mol. The van der Waals surface area contributed by atoms with Gasteiger partial charge in [-0.15, -0.1) is 0 Å². The molecule has 0 aliphatic carbocycles. The van der Waals surface area contributed by atoms with E-state index < -0.39 is 11.9 Å². The number of aromatic carboxylic acids is 1. The number of carbonyl (C=O) groups excluding carboxylic acids is 1. The van der Waals surface area contributed by atoms with Crippen molar-refractivity contribution in [1.29, 1.82) is 0 Å². The first-order valence-corrected chi connectivity index (χ1v) is 16.1. The summed E-state index contributed by atoms with van der Waals surface area (Å²) >= 11 is 0. The van der Waals surface area contributed by atoms with E-state index in [9.17, 15) is 14.7 Å². The molecule has 1 unspecified atom stereocenters. The Labute approximate surface area is 234 Å². The molecule has 1 rings (SSSR count). The summed E-state index contributed by atoms with van der Waals surface area (Å²) < 4.78 is 5.87. The molecular formula is C34H58O4. The number of hydrogen-bond donors (Lipinski definition) is 1. The van der Waals surface area contributed by atoms with Crippen LogP contribution in [0.1, 0.15) is 182 Å². The van der Waals surface area contributed by atoms with E-state index in [1.54, 1.807) is 18.2 Å². The molecule has 0 fully saturated rings. The van der Waals surface area contributed by atoms with Gasteiger partial charge >= 0.3 is 11.9 Å². The number of carbonyl (C=O) groups is 2. The fourth-order valence-corrected chi connectivity index (χ4v) is 5.22. The molecule has 0 saturated heterocycles. The molecule has 0 spiro atoms. The van der Waals surface area contributed by atoms with E-state index >= 15 is 0 Å². The topological polar surface area (TPSA) is 63.6 Å². The van der Waals surface area contributed by atoms with E-state index in [0.717, 1.165) is 25.7 Å². The van der Waals surface area contributed by atoms with Crippen LogP contribution in [0.4, 0.5) is 0 Å². The zero-order valence-corrected chi connectivity index (χ0v) is 24.8. The maximum atomic E-state index is 12.8. The van der Waals surface area contributed by atoms with Crippen LogP contribution in [0.3, 0.4) is 0 Å². The highest BCUT2D eigenvalue weighted by Crippen LogP contribution is 2.20. The molecule has 38 heavy (non-hydrogen) atoms. The van der Waals surface area contributed by atoms with Crippen LogP contribution in [0, 0.1) is 0 Å². The summed E-state index contributed by atoms with van der Waals surface area (Å²) in [6, 6.07) is 6.36. The predicted octanol–water partition coefficient (Wildman–Crippen LogP) is 10.9. The number of ether oxygens (including phenoxy) is 1. The van der Waals surface area contributed by atoms with Gasteiger partial charge in [0.05, 0.1) is 11.1 Å². The zero-order valence-electron chi connectivity index (χ0n) is 24.8. The molecule has 0 radical (unpaired) electrons. The van der Waals surface area contributed by atoms with Crippen LogP contribution in [-0.2, 0) is 4.74 Å². The van der Waals surface area contributed by atoms with Gasteiger partial charge in [0, 0.05) is 0 Å². The van der Waals surface area contributed by atoms with Crippen LogP contribution in [0.15, 0.2) is 24.3 Å². The van der Waals surface area contributed by atoms with Gasteiger partial charge in [-0.05, 0) is 37.8 Å². The van der Waals surface area contributed by atoms with E-state index in [2.05, 4.69) is 13.8 Å². The fraction of sp³-hybridized carbons (Fsp3) is 0.765. The third-order valence-electron chi connectivity index (χ3n) is 7.66. The number of hydrogen-bond acceptors (Lipinski definition) is 3. The number of unbranched alkanes of at least 4 members (excludes halogenated alkanes) is 19. The number of carboxylic acid groups (broad SMARTS) is 1. The van der Waals surface area contributed by atoms with Crippen molar-refractivity contribution in [2.45, 2.75) is 168 Å². The monoisotopic (exact) mass is 530 g/mol. The third kappa shape index (κ3) is 17.6. The first kappa shape index (κ1) is 34.2. The van der Waals surface area contributed by atoms with Crippen molar-refractivity contribution < 1.29 is 19.4 Å². The van der Waals surface area contributed by atoms with Crippen LogP contribution in [0.2, 0.25) is 0 Å². The molecule has 0 aromatic heterocycles. The second kappa shape index (κ2) is 24.2. The first-order chi connectivity index (χ1) is 18.6. The van der Waals surface area contributed by atoms with Crippen molar-refractivity contribution in [3.8, 4) is 0 Å². The largest absolute Gasteiger partial charge is 0.478 e. The quantitative estimate of drug-likeness (QED) is 0.0955. The summed E-state index contributed by atoms with van der Waals surface area (Å²) in [5, 5.41) is 9.44. The van der Waals surface area contributed by atoms with Gasteiger partial charge in [0.1, 0.15) is 6.10 Å². The van der Waals surface area contributed by atoms with Crippen molar-refractivity contribution in [2.24, 2.45) is 0 Å². The van der Waals surface area contributed by atoms with Gasteiger partial charge in [-0.2, -0.15) is 0 Å². The van der Waals surface area contributed by atoms with Gasteiger partial charge < -0.3 is 9.84 Å². The minimum Gasteiger partial charge on any atom is -0.478 e. The lowest BCUT2D eigenvalue weighted by Crippen LogP contribution is -2.20. The van der Waals surface area contributed by atoms with E-state index in [4.69, 9.17) is 4.74 Å². The predicted molar refractivity (Wildman–Crippen MR) is 160 cm³/mol. The molecule has 0 aliphatic rings. The summed E-state index contributed by atoms with van der Waals surface area (Å²) in [5.74, 6) is -1.59. The highest BCUT2D eigenvalue weighted by atomic mass is 16.5. The highest BCUT2D eigenvalue weighted by Gasteiger charge is 2.21. The molecule has 4 heteroatoms. The smallest absolute Gasteiger partial charge is 0.339 e. The second-order valence-electron chi connectivity index (χ2n) is 11.2. The van der Waals surface area contributed by atoms with E-state index in [0.29, 0.717) is 0 Å². The van der Waals surface area contributed by atoms with Crippen molar-refractivity contribution >= 4 is 11.9 Å². The molecule has 0 saturated carbocycles. The summed E-state index contributed by atoms with van der Waals surface area (Å²) in [6.07, 6.45) is 28.9. The fourth-order valence-electron chi connectivity index (χ4n) is 5.22. The minimum atomic E-state index is -1.09. The Bertz CT molecular complexity index is 714. The Balaban J connectivity index is 2.27. The molecule has 1 N–H and O–H groups in total. The standard InChI is InChI=1S/C34H58O4/c1-3-5-7-9-11-12-13-14-15-16-17-18-19-21-23-27-30(26-22-20-10-8-6-4-2)38-34(37)32-29-25-24-28-31(32)33(35)36/h24-25,28-30H,3-23,26-27H2,1-2H3,(H,35,36). The number of esters is 1. The maximum Gasteiger partial charge on any atom is 0.339 e. The Morgan fingerprint density at radius 1 is 0.579 bits per heavy atom. The van der Waals surface area contributed by atoms with E-state index in [-0.39, 0.29) is 17.2 Å². The first-order valence-electron chi connectivity index (χ1n) is 16.1.